The van der Waals surface area contributed by atoms with Crippen LogP contribution in [0, 0.1) is 12.1 Å². The Balaban J connectivity index is 0.791. The summed E-state index contributed by atoms with van der Waals surface area (Å²) in [6.45, 7) is 15.0. The lowest BCUT2D eigenvalue weighted by Gasteiger charge is -2.24. The van der Waals surface area contributed by atoms with E-state index in [0.717, 1.165) is 0 Å². The van der Waals surface area contributed by atoms with E-state index in [-0.39, 0.29) is 5.41 Å². The molecule has 0 N–H and O–H groups in total. The van der Waals surface area contributed by atoms with Gasteiger partial charge in [-0.1, -0.05) is 258 Å². The molecule has 0 radical (unpaired) electrons. The summed E-state index contributed by atoms with van der Waals surface area (Å²) >= 11 is 0. The van der Waals surface area contributed by atoms with Crippen LogP contribution in [0.3, 0.4) is 0 Å². The minimum Gasteiger partial charge on any atom is -0.0702 e. The molecule has 85 heavy (non-hydrogen) atoms. The van der Waals surface area contributed by atoms with Gasteiger partial charge in [-0.25, -0.2) is 0 Å². The first-order valence-electron chi connectivity index (χ1n) is 30.1. The van der Waals surface area contributed by atoms with Crippen molar-refractivity contribution in [3.8, 4) is 100 Å². The fraction of sp³-hybridized carbons (Fsp3) is 0.0843. The first kappa shape index (κ1) is 49.9. The average molecular weight is 1110 g/mol. The van der Waals surface area contributed by atoms with Crippen LogP contribution in [-0.4, -0.2) is 16.1 Å². The van der Waals surface area contributed by atoms with Crippen LogP contribution >= 0.6 is 0 Å². The summed E-state index contributed by atoms with van der Waals surface area (Å²) in [7, 11) is -3.99. The van der Waals surface area contributed by atoms with Gasteiger partial charge >= 0.3 is 0 Å². The van der Waals surface area contributed by atoms with Crippen molar-refractivity contribution in [1.29, 1.82) is 0 Å². The molecule has 0 bridgehead atoms. The van der Waals surface area contributed by atoms with Gasteiger partial charge in [0.1, 0.15) is 16.1 Å². The molecule has 3 aliphatic rings. The summed E-state index contributed by atoms with van der Waals surface area (Å²) in [5.74, 6) is 0. The molecular weight excluding hydrogens is 1050 g/mol. The van der Waals surface area contributed by atoms with Gasteiger partial charge in [0, 0.05) is 5.41 Å². The Morgan fingerprint density at radius 2 is 0.659 bits per heavy atom. The zero-order valence-corrected chi connectivity index (χ0v) is 50.7. The first-order valence-corrected chi connectivity index (χ1v) is 36.1. The van der Waals surface area contributed by atoms with Gasteiger partial charge in [-0.05, 0) is 224 Å². The average Bonchev–Trinajstić information content (AvgIpc) is 2.18. The van der Waals surface area contributed by atoms with E-state index in [0.29, 0.717) is 0 Å². The summed E-state index contributed by atoms with van der Waals surface area (Å²) in [5, 5.41) is 16.4. The quantitative estimate of drug-likeness (QED) is 0.115. The Hall–Kier alpha value is -9.63. The number of rotatable bonds is 6. The molecule has 0 amide bonds. The highest BCUT2D eigenvalue weighted by atomic mass is 28.3. The van der Waals surface area contributed by atoms with Gasteiger partial charge < -0.3 is 0 Å². The second kappa shape index (κ2) is 18.2. The number of hydrogen-bond acceptors (Lipinski definition) is 0. The summed E-state index contributed by atoms with van der Waals surface area (Å²) < 4.78 is 0. The monoisotopic (exact) mass is 1110 g/mol. The van der Waals surface area contributed by atoms with Crippen LogP contribution in [0.5, 0.6) is 0 Å². The van der Waals surface area contributed by atoms with E-state index in [1.165, 1.54) is 175 Å². The van der Waals surface area contributed by atoms with Gasteiger partial charge in [0.25, 0.3) is 0 Å². The Morgan fingerprint density at radius 3 is 1.21 bits per heavy atom. The highest BCUT2D eigenvalue weighted by Crippen LogP contribution is 2.54. The summed E-state index contributed by atoms with van der Waals surface area (Å²) in [6, 6.07) is 104. The SMILES string of the molecule is CC1(C)c2cc(-c3ccc(-c4c5ccccc5c(-c5cccc(-c6ccccc6)c5)c5cc6c(cc45)[Si](C)(C)c4ccccc4-6)cc3)ccc2-c2ccc(-c3c4ccccc4c(-c4cc#ccc4)c4cc5c(cc34)-c3ccccc3[Si]5(C)C)cc21. The van der Waals surface area contributed by atoms with E-state index in [9.17, 15) is 0 Å². The molecule has 0 atom stereocenters. The maximum atomic E-state index is 3.31. The number of fused-ring (bicyclic) bond motifs is 13. The van der Waals surface area contributed by atoms with Gasteiger partial charge in [-0.2, -0.15) is 0 Å². The predicted molar refractivity (Wildman–Crippen MR) is 369 cm³/mol. The maximum Gasteiger partial charge on any atom is 0.113 e. The van der Waals surface area contributed by atoms with Crippen molar-refractivity contribution in [3.05, 3.63) is 278 Å². The largest absolute Gasteiger partial charge is 0.113 e. The van der Waals surface area contributed by atoms with Crippen molar-refractivity contribution in [2.75, 3.05) is 0 Å². The zero-order valence-electron chi connectivity index (χ0n) is 48.7. The number of benzene rings is 13. The predicted octanol–water partition coefficient (Wildman–Crippen LogP) is 19.8. The molecule has 2 aliphatic heterocycles. The lowest BCUT2D eigenvalue weighted by Crippen LogP contribution is -2.49. The molecule has 400 valence electrons. The molecule has 0 saturated carbocycles. The van der Waals surface area contributed by atoms with Crippen LogP contribution in [0.15, 0.2) is 255 Å². The third kappa shape index (κ3) is 7.21. The zero-order chi connectivity index (χ0) is 57.1. The lowest BCUT2D eigenvalue weighted by molar-refractivity contribution is 0.661. The molecule has 1 aliphatic carbocycles. The topological polar surface area (TPSA) is 0 Å². The second-order valence-corrected chi connectivity index (χ2v) is 34.4. The molecular formula is C83H60Si2. The van der Waals surface area contributed by atoms with Crippen LogP contribution in [0.2, 0.25) is 26.2 Å². The Morgan fingerprint density at radius 1 is 0.259 bits per heavy atom. The fourth-order valence-electron chi connectivity index (χ4n) is 15.9. The van der Waals surface area contributed by atoms with Crippen molar-refractivity contribution < 1.29 is 0 Å². The minimum absolute atomic E-state index is 0.244. The van der Waals surface area contributed by atoms with Crippen LogP contribution in [0.1, 0.15) is 25.0 Å². The third-order valence-electron chi connectivity index (χ3n) is 20.1. The van der Waals surface area contributed by atoms with E-state index < -0.39 is 16.1 Å². The highest BCUT2D eigenvalue weighted by molar-refractivity contribution is 7.04. The van der Waals surface area contributed by atoms with Crippen molar-refractivity contribution in [3.63, 3.8) is 0 Å². The van der Waals surface area contributed by atoms with E-state index in [4.69, 9.17) is 0 Å². The molecule has 0 spiro atoms. The van der Waals surface area contributed by atoms with Gasteiger partial charge in [-0.15, -0.1) is 0 Å². The minimum atomic E-state index is -2.01. The Labute approximate surface area is 500 Å². The fourth-order valence-corrected chi connectivity index (χ4v) is 22.0. The first-order chi connectivity index (χ1) is 41.4. The van der Waals surface area contributed by atoms with Crippen molar-refractivity contribution >= 4 is 80.0 Å². The van der Waals surface area contributed by atoms with Crippen LogP contribution in [0.4, 0.5) is 0 Å². The number of hydrogen-bond donors (Lipinski definition) is 0. The normalized spacial score (nSPS) is 14.4. The molecule has 0 fully saturated rings. The molecule has 0 nitrogen and oxygen atoms in total. The second-order valence-electron chi connectivity index (χ2n) is 25.7. The standard InChI is InChI=1S/C83H60Si2/c1-83(2)73-45-56(40-42-59(73)60-43-41-58(46-74(60)83)82-66-33-16-13-30-63(66)79(53-24-11-8-12-25-53)71-49-77-68(48-70(71)82)62-29-18-20-35-76(62)84(77,3)4)52-36-38-54(39-37-52)80-64-31-14-15-32-65(64)81(57-27-21-26-55(44-57)51-22-9-7-10-23-51)69-47-67-61-28-17-19-34-75(61)85(5,6)78(67)50-72(69)80/h7,9-11,13-50H,1-6H3. The molecule has 2 heteroatoms. The van der Waals surface area contributed by atoms with E-state index in [1.807, 2.05) is 6.07 Å². The Kier molecular flexibility index (Phi) is 10.7. The van der Waals surface area contributed by atoms with Gasteiger partial charge in [0.2, 0.25) is 0 Å². The van der Waals surface area contributed by atoms with Crippen molar-refractivity contribution in [1.82, 2.24) is 0 Å². The maximum absolute atomic E-state index is 3.31. The molecule has 2 heterocycles. The third-order valence-corrected chi connectivity index (χ3v) is 27.2. The molecule has 14 aromatic rings. The van der Waals surface area contributed by atoms with E-state index >= 15 is 0 Å². The molecule has 17 rings (SSSR count). The molecule has 0 unspecified atom stereocenters. The van der Waals surface area contributed by atoms with Crippen LogP contribution < -0.4 is 20.7 Å². The van der Waals surface area contributed by atoms with Crippen LogP contribution in [-0.2, 0) is 5.41 Å². The molecule has 0 aromatic heterocycles. The van der Waals surface area contributed by atoms with Gasteiger partial charge in [0.05, 0.1) is 0 Å². The van der Waals surface area contributed by atoms with E-state index in [2.05, 4.69) is 301 Å². The van der Waals surface area contributed by atoms with Crippen molar-refractivity contribution in [2.45, 2.75) is 45.5 Å². The molecule has 14 aromatic carbocycles. The van der Waals surface area contributed by atoms with Gasteiger partial charge in [0.15, 0.2) is 0 Å². The van der Waals surface area contributed by atoms with Crippen LogP contribution in [0.25, 0.3) is 143 Å². The summed E-state index contributed by atoms with van der Waals surface area (Å²) in [5.41, 5.74) is 25.7. The molecule has 0 saturated heterocycles. The Bertz CT molecular complexity index is 5180. The smallest absolute Gasteiger partial charge is 0.0702 e. The summed E-state index contributed by atoms with van der Waals surface area (Å²) in [4.78, 5) is 0. The van der Waals surface area contributed by atoms with E-state index in [1.54, 1.807) is 0 Å². The van der Waals surface area contributed by atoms with Gasteiger partial charge in [-0.3, -0.25) is 0 Å². The van der Waals surface area contributed by atoms with Crippen molar-refractivity contribution in [2.24, 2.45) is 0 Å². The lowest BCUT2D eigenvalue weighted by atomic mass is 9.79. The highest BCUT2D eigenvalue weighted by Gasteiger charge is 2.41. The summed E-state index contributed by atoms with van der Waals surface area (Å²) in [6.07, 6.45) is 0.